The number of halogens is 2. The average molecular weight is 304 g/mol. The number of hydrogen-bond acceptors (Lipinski definition) is 5. The largest absolute Gasteiger partial charge is 0.385 e. The predicted molar refractivity (Wildman–Crippen MR) is 66.5 cm³/mol. The first-order chi connectivity index (χ1) is 10.5. The molecule has 0 saturated carbocycles. The van der Waals surface area contributed by atoms with Crippen molar-refractivity contribution in [3.8, 4) is 0 Å². The first-order valence-corrected chi connectivity index (χ1v) is 6.00. The van der Waals surface area contributed by atoms with Crippen molar-refractivity contribution < 1.29 is 28.0 Å². The number of carbonyl (C=O) groups is 3. The van der Waals surface area contributed by atoms with Gasteiger partial charge in [-0.25, -0.2) is 18.6 Å². The fraction of sp³-hybridized carbons (Fsp3) is 0. The van der Waals surface area contributed by atoms with Gasteiger partial charge in [-0.1, -0.05) is 17.2 Å². The van der Waals surface area contributed by atoms with Crippen LogP contribution in [0.4, 0.5) is 8.78 Å². The molecule has 0 radical (unpaired) electrons. The molecule has 110 valence electrons. The van der Waals surface area contributed by atoms with Gasteiger partial charge in [-0.2, -0.15) is 0 Å². The van der Waals surface area contributed by atoms with E-state index in [1.54, 1.807) is 0 Å². The van der Waals surface area contributed by atoms with Crippen molar-refractivity contribution >= 4 is 17.8 Å². The molecule has 2 aromatic rings. The first kappa shape index (κ1) is 13.8. The Hall–Kier alpha value is -3.16. The second kappa shape index (κ2) is 4.99. The minimum Gasteiger partial charge on any atom is -0.322 e. The highest BCUT2D eigenvalue weighted by Gasteiger charge is 2.39. The Morgan fingerprint density at radius 3 is 2.23 bits per heavy atom. The van der Waals surface area contributed by atoms with Crippen molar-refractivity contribution in [1.82, 2.24) is 10.0 Å². The van der Waals surface area contributed by atoms with Crippen molar-refractivity contribution in [2.45, 2.75) is 0 Å². The van der Waals surface area contributed by atoms with Crippen LogP contribution in [0.25, 0.3) is 0 Å². The summed E-state index contributed by atoms with van der Waals surface area (Å²) < 4.78 is 26.2. The lowest BCUT2D eigenvalue weighted by atomic mass is 10.1. The number of hydrogen-bond donors (Lipinski definition) is 0. The molecule has 2 heterocycles. The summed E-state index contributed by atoms with van der Waals surface area (Å²) in [4.78, 5) is 43.6. The van der Waals surface area contributed by atoms with Crippen LogP contribution in [-0.2, 0) is 4.84 Å². The molecule has 1 aliphatic heterocycles. The van der Waals surface area contributed by atoms with Crippen LogP contribution in [0.2, 0.25) is 0 Å². The number of pyridine rings is 1. The van der Waals surface area contributed by atoms with Crippen molar-refractivity contribution in [3.05, 3.63) is 65.0 Å². The highest BCUT2D eigenvalue weighted by Crippen LogP contribution is 2.23. The molecule has 0 unspecified atom stereocenters. The number of rotatable bonds is 2. The molecule has 0 N–H and O–H groups in total. The normalized spacial score (nSPS) is 13.3. The van der Waals surface area contributed by atoms with Crippen LogP contribution in [0.5, 0.6) is 0 Å². The minimum absolute atomic E-state index is 0.0628. The molecule has 0 bridgehead atoms. The van der Waals surface area contributed by atoms with Gasteiger partial charge in [-0.3, -0.25) is 9.59 Å². The van der Waals surface area contributed by atoms with Gasteiger partial charge < -0.3 is 4.84 Å². The van der Waals surface area contributed by atoms with Gasteiger partial charge >= 0.3 is 5.97 Å². The average Bonchev–Trinajstić information content (AvgIpc) is 2.73. The van der Waals surface area contributed by atoms with Gasteiger partial charge in [0.1, 0.15) is 5.82 Å². The predicted octanol–water partition coefficient (Wildman–Crippen LogP) is 1.73. The van der Waals surface area contributed by atoms with E-state index in [2.05, 4.69) is 9.82 Å². The van der Waals surface area contributed by atoms with Gasteiger partial charge in [-0.05, 0) is 12.1 Å². The van der Waals surface area contributed by atoms with E-state index in [0.717, 1.165) is 0 Å². The number of amides is 2. The Labute approximate surface area is 121 Å². The van der Waals surface area contributed by atoms with Crippen molar-refractivity contribution in [2.75, 3.05) is 0 Å². The summed E-state index contributed by atoms with van der Waals surface area (Å²) in [5, 5.41) is 0.220. The Bertz CT molecular complexity index is 787. The summed E-state index contributed by atoms with van der Waals surface area (Å²) in [5.41, 5.74) is -0.710. The van der Waals surface area contributed by atoms with Crippen molar-refractivity contribution in [1.29, 1.82) is 0 Å². The van der Waals surface area contributed by atoms with Crippen LogP contribution in [0.1, 0.15) is 31.2 Å². The topological polar surface area (TPSA) is 76.6 Å². The third kappa shape index (κ3) is 2.10. The van der Waals surface area contributed by atoms with Crippen LogP contribution in [0.3, 0.4) is 0 Å². The molecular weight excluding hydrogens is 298 g/mol. The molecule has 1 aromatic carbocycles. The van der Waals surface area contributed by atoms with Gasteiger partial charge in [0.25, 0.3) is 11.8 Å². The van der Waals surface area contributed by atoms with E-state index < -0.39 is 35.1 Å². The molecule has 0 fully saturated rings. The molecule has 1 aliphatic rings. The Balaban J connectivity index is 1.87. The number of aromatic nitrogens is 1. The summed E-state index contributed by atoms with van der Waals surface area (Å²) in [7, 11) is 0. The highest BCUT2D eigenvalue weighted by atomic mass is 19.1. The van der Waals surface area contributed by atoms with Gasteiger partial charge in [0.2, 0.25) is 0 Å². The van der Waals surface area contributed by atoms with Crippen LogP contribution in [0, 0.1) is 11.6 Å². The Morgan fingerprint density at radius 2 is 1.68 bits per heavy atom. The zero-order chi connectivity index (χ0) is 15.9. The number of hydroxylamine groups is 2. The minimum atomic E-state index is -1.38. The summed E-state index contributed by atoms with van der Waals surface area (Å²) in [6, 6.07) is 6.29. The molecule has 1 aromatic heterocycles. The maximum atomic E-state index is 13.4. The van der Waals surface area contributed by atoms with E-state index in [-0.39, 0.29) is 16.2 Å². The molecule has 22 heavy (non-hydrogen) atoms. The van der Waals surface area contributed by atoms with E-state index in [1.165, 1.54) is 24.3 Å². The number of imide groups is 1. The number of carbonyl (C=O) groups excluding carboxylic acids is 3. The second-order valence-corrected chi connectivity index (χ2v) is 4.31. The SMILES string of the molecule is O=C(ON1C(=O)c2ccccc2C1=O)c1ncc(F)cc1F. The molecule has 2 amide bonds. The maximum absolute atomic E-state index is 13.4. The van der Waals surface area contributed by atoms with Crippen molar-refractivity contribution in [2.24, 2.45) is 0 Å². The summed E-state index contributed by atoms with van der Waals surface area (Å²) >= 11 is 0. The maximum Gasteiger partial charge on any atom is 0.385 e. The number of benzene rings is 1. The molecule has 0 aliphatic carbocycles. The third-order valence-corrected chi connectivity index (χ3v) is 2.93. The quantitative estimate of drug-likeness (QED) is 0.790. The lowest BCUT2D eigenvalue weighted by Gasteiger charge is -2.12. The summed E-state index contributed by atoms with van der Waals surface area (Å²) in [6.45, 7) is 0. The highest BCUT2D eigenvalue weighted by molar-refractivity contribution is 6.21. The molecule has 0 saturated heterocycles. The first-order valence-electron chi connectivity index (χ1n) is 6.00. The monoisotopic (exact) mass is 304 g/mol. The molecule has 8 heteroatoms. The fourth-order valence-corrected chi connectivity index (χ4v) is 1.94. The van der Waals surface area contributed by atoms with E-state index in [0.29, 0.717) is 12.3 Å². The fourth-order valence-electron chi connectivity index (χ4n) is 1.94. The number of nitrogens with zero attached hydrogens (tertiary/aromatic N) is 2. The van der Waals surface area contributed by atoms with Gasteiger partial charge in [0.15, 0.2) is 11.5 Å². The van der Waals surface area contributed by atoms with Gasteiger partial charge in [0.05, 0.1) is 17.3 Å². The van der Waals surface area contributed by atoms with E-state index >= 15 is 0 Å². The summed E-state index contributed by atoms with van der Waals surface area (Å²) in [6.07, 6.45) is 0.613. The van der Waals surface area contributed by atoms with Crippen LogP contribution >= 0.6 is 0 Å². The molecule has 6 nitrogen and oxygen atoms in total. The zero-order valence-corrected chi connectivity index (χ0v) is 10.7. The van der Waals surface area contributed by atoms with Gasteiger partial charge in [0, 0.05) is 6.07 Å². The van der Waals surface area contributed by atoms with Crippen LogP contribution < -0.4 is 0 Å². The Morgan fingerprint density at radius 1 is 1.09 bits per heavy atom. The molecular formula is C14H6F2N2O4. The van der Waals surface area contributed by atoms with E-state index in [4.69, 9.17) is 0 Å². The standard InChI is InChI=1S/C14H6F2N2O4/c15-7-5-10(16)11(17-6-7)14(21)22-18-12(19)8-3-1-2-4-9(8)13(18)20/h1-6H. The van der Waals surface area contributed by atoms with Crippen LogP contribution in [0.15, 0.2) is 36.5 Å². The number of fused-ring (bicyclic) bond motifs is 1. The smallest absolute Gasteiger partial charge is 0.322 e. The van der Waals surface area contributed by atoms with Crippen molar-refractivity contribution in [3.63, 3.8) is 0 Å². The van der Waals surface area contributed by atoms with Crippen LogP contribution in [-0.4, -0.2) is 27.8 Å². The zero-order valence-electron chi connectivity index (χ0n) is 10.7. The second-order valence-electron chi connectivity index (χ2n) is 4.31. The molecule has 3 rings (SSSR count). The summed E-state index contributed by atoms with van der Waals surface area (Å²) in [5.74, 6) is -5.32. The lowest BCUT2D eigenvalue weighted by Crippen LogP contribution is -2.33. The van der Waals surface area contributed by atoms with E-state index in [1.807, 2.05) is 0 Å². The molecule has 0 spiro atoms. The lowest BCUT2D eigenvalue weighted by molar-refractivity contribution is -0.0591. The van der Waals surface area contributed by atoms with Gasteiger partial charge in [-0.15, -0.1) is 0 Å². The third-order valence-electron chi connectivity index (χ3n) is 2.93. The van der Waals surface area contributed by atoms with E-state index in [9.17, 15) is 23.2 Å². The Kier molecular flexibility index (Phi) is 3.13. The molecule has 0 atom stereocenters.